The number of aromatic hydroxyl groups is 1. The molecule has 1 aromatic carbocycles. The molecule has 158 valence electrons. The van der Waals surface area contributed by atoms with Gasteiger partial charge in [0, 0.05) is 11.8 Å². The van der Waals surface area contributed by atoms with E-state index in [1.807, 2.05) is 0 Å². The Labute approximate surface area is 176 Å². The molecule has 0 bridgehead atoms. The van der Waals surface area contributed by atoms with E-state index in [-0.39, 0.29) is 17.6 Å². The first-order chi connectivity index (χ1) is 15.0. The van der Waals surface area contributed by atoms with E-state index in [0.717, 1.165) is 18.4 Å². The lowest BCUT2D eigenvalue weighted by Crippen LogP contribution is -2.24. The molecule has 0 saturated heterocycles. The summed E-state index contributed by atoms with van der Waals surface area (Å²) in [5.41, 5.74) is 4.37. The number of aromatic amines is 2. The number of benzene rings is 1. The number of anilines is 1. The van der Waals surface area contributed by atoms with Gasteiger partial charge < -0.3 is 15.4 Å². The van der Waals surface area contributed by atoms with Crippen molar-refractivity contribution in [1.29, 1.82) is 0 Å². The Hall–Kier alpha value is -3.95. The molecule has 3 heterocycles. The van der Waals surface area contributed by atoms with Gasteiger partial charge in [0.1, 0.15) is 5.69 Å². The summed E-state index contributed by atoms with van der Waals surface area (Å²) in [5, 5.41) is 18.1. The van der Waals surface area contributed by atoms with E-state index >= 15 is 0 Å². The molecule has 5 rings (SSSR count). The highest BCUT2D eigenvalue weighted by Gasteiger charge is 2.21. The smallest absolute Gasteiger partial charge is 0.326 e. The molecule has 1 fully saturated rings. The average molecular weight is 418 g/mol. The standard InChI is InChI=1S/C21H22N8O2/c1-11-3-4-13(7-12(11)2)9-22-19-26-17-14(8-16-18(30)27-21(31)25-16)10-23-29(17)20(28-19)24-15-5-6-15/h3-4,7-8,10,15,30H,5-6,9H2,1-2H3,(H,22,24,28)(H2,25,27,31)/b14-8+. The summed E-state index contributed by atoms with van der Waals surface area (Å²) >= 11 is 0. The van der Waals surface area contributed by atoms with E-state index in [1.54, 1.807) is 16.8 Å². The third kappa shape index (κ3) is 3.91. The van der Waals surface area contributed by atoms with Crippen molar-refractivity contribution in [3.63, 3.8) is 0 Å². The lowest BCUT2D eigenvalue weighted by atomic mass is 10.1. The van der Waals surface area contributed by atoms with E-state index in [4.69, 9.17) is 0 Å². The van der Waals surface area contributed by atoms with Crippen LogP contribution in [0.4, 0.5) is 5.95 Å². The molecular weight excluding hydrogens is 396 g/mol. The lowest BCUT2D eigenvalue weighted by Gasteiger charge is -2.07. The van der Waals surface area contributed by atoms with Gasteiger partial charge in [-0.3, -0.25) is 4.98 Å². The second kappa shape index (κ2) is 7.38. The zero-order chi connectivity index (χ0) is 21.5. The molecule has 0 amide bonds. The highest BCUT2D eigenvalue weighted by atomic mass is 16.3. The van der Waals surface area contributed by atoms with Gasteiger partial charge in [-0.15, -0.1) is 0 Å². The molecular formula is C21H22N8O2. The van der Waals surface area contributed by atoms with Gasteiger partial charge in [-0.2, -0.15) is 19.6 Å². The highest BCUT2D eigenvalue weighted by molar-refractivity contribution is 5.57. The molecule has 10 nitrogen and oxygen atoms in total. The Bertz CT molecular complexity index is 1460. The van der Waals surface area contributed by atoms with Crippen molar-refractivity contribution in [1.82, 2.24) is 29.5 Å². The van der Waals surface area contributed by atoms with Crippen LogP contribution >= 0.6 is 0 Å². The van der Waals surface area contributed by atoms with Gasteiger partial charge >= 0.3 is 5.69 Å². The average Bonchev–Trinajstić information content (AvgIpc) is 3.37. The van der Waals surface area contributed by atoms with Crippen LogP contribution < -0.4 is 21.8 Å². The Morgan fingerprint density at radius 3 is 2.81 bits per heavy atom. The second-order valence-electron chi connectivity index (χ2n) is 7.80. The molecule has 1 aliphatic rings. The molecule has 1 saturated carbocycles. The molecule has 0 radical (unpaired) electrons. The fourth-order valence-corrected chi connectivity index (χ4v) is 3.25. The summed E-state index contributed by atoms with van der Waals surface area (Å²) in [5.74, 6) is 0.196. The molecule has 4 aromatic rings. The van der Waals surface area contributed by atoms with E-state index in [1.165, 1.54) is 11.1 Å². The van der Waals surface area contributed by atoms with E-state index in [2.05, 4.69) is 67.4 Å². The normalized spacial score (nSPS) is 15.2. The van der Waals surface area contributed by atoms with Crippen molar-refractivity contribution in [2.45, 2.75) is 39.3 Å². The predicted octanol–water partition coefficient (Wildman–Crippen LogP) is 0.686. The number of aryl methyl sites for hydroxylation is 2. The summed E-state index contributed by atoms with van der Waals surface area (Å²) in [7, 11) is 0. The zero-order valence-corrected chi connectivity index (χ0v) is 17.2. The Kier molecular flexibility index (Phi) is 4.54. The SMILES string of the molecule is Cc1ccc(CNc2nc(=NC3CC3)n3nc/c(=C\c4[nH]c(=O)[nH]c4O)c3n2)cc1C. The molecule has 1 aliphatic carbocycles. The van der Waals surface area contributed by atoms with Crippen molar-refractivity contribution in [3.8, 4) is 5.88 Å². The summed E-state index contributed by atoms with van der Waals surface area (Å²) in [6.07, 6.45) is 5.29. The summed E-state index contributed by atoms with van der Waals surface area (Å²) in [6.45, 7) is 4.74. The van der Waals surface area contributed by atoms with Crippen molar-refractivity contribution < 1.29 is 5.11 Å². The molecule has 31 heavy (non-hydrogen) atoms. The van der Waals surface area contributed by atoms with Crippen LogP contribution in [0.15, 0.2) is 34.2 Å². The summed E-state index contributed by atoms with van der Waals surface area (Å²) in [6, 6.07) is 6.57. The maximum Gasteiger partial charge on any atom is 0.326 e. The number of fused-ring (bicyclic) bond motifs is 1. The van der Waals surface area contributed by atoms with Crippen molar-refractivity contribution >= 4 is 17.7 Å². The van der Waals surface area contributed by atoms with E-state index in [0.29, 0.717) is 29.0 Å². The van der Waals surface area contributed by atoms with Crippen LogP contribution in [-0.4, -0.2) is 40.7 Å². The van der Waals surface area contributed by atoms with Crippen molar-refractivity contribution in [2.75, 3.05) is 5.32 Å². The largest absolute Gasteiger partial charge is 0.493 e. The predicted molar refractivity (Wildman–Crippen MR) is 114 cm³/mol. The second-order valence-corrected chi connectivity index (χ2v) is 7.80. The number of hydrogen-bond acceptors (Lipinski definition) is 7. The third-order valence-corrected chi connectivity index (χ3v) is 5.28. The third-order valence-electron chi connectivity index (χ3n) is 5.28. The Morgan fingerprint density at radius 2 is 2.10 bits per heavy atom. The van der Waals surface area contributed by atoms with Gasteiger partial charge in [0.05, 0.1) is 12.2 Å². The first-order valence-electron chi connectivity index (χ1n) is 10.1. The zero-order valence-electron chi connectivity index (χ0n) is 17.2. The lowest BCUT2D eigenvalue weighted by molar-refractivity contribution is 0.454. The minimum absolute atomic E-state index is 0.241. The van der Waals surface area contributed by atoms with E-state index < -0.39 is 5.69 Å². The minimum atomic E-state index is -0.491. The van der Waals surface area contributed by atoms with Crippen LogP contribution in [0.3, 0.4) is 0 Å². The molecule has 10 heteroatoms. The van der Waals surface area contributed by atoms with Crippen LogP contribution in [0.5, 0.6) is 5.88 Å². The van der Waals surface area contributed by atoms with E-state index in [9.17, 15) is 9.90 Å². The monoisotopic (exact) mass is 418 g/mol. The minimum Gasteiger partial charge on any atom is -0.493 e. The van der Waals surface area contributed by atoms with Gasteiger partial charge in [-0.25, -0.2) is 9.79 Å². The number of rotatable bonds is 5. The summed E-state index contributed by atoms with van der Waals surface area (Å²) < 4.78 is 1.58. The Morgan fingerprint density at radius 1 is 1.26 bits per heavy atom. The molecule has 0 unspecified atom stereocenters. The first kappa shape index (κ1) is 19.0. The number of H-pyrrole nitrogens is 2. The van der Waals surface area contributed by atoms with Crippen LogP contribution in [0, 0.1) is 13.8 Å². The number of aromatic nitrogens is 6. The molecule has 0 atom stereocenters. The molecule has 0 spiro atoms. The Balaban J connectivity index is 1.57. The maximum atomic E-state index is 11.4. The van der Waals surface area contributed by atoms with Crippen molar-refractivity contribution in [2.24, 2.45) is 4.99 Å². The number of nitrogens with one attached hydrogen (secondary N) is 3. The van der Waals surface area contributed by atoms with Crippen LogP contribution in [-0.2, 0) is 6.54 Å². The maximum absolute atomic E-state index is 11.4. The molecule has 0 aliphatic heterocycles. The quantitative estimate of drug-likeness (QED) is 0.376. The fourth-order valence-electron chi connectivity index (χ4n) is 3.25. The van der Waals surface area contributed by atoms with Gasteiger partial charge in [-0.1, -0.05) is 18.2 Å². The molecule has 4 N–H and O–H groups in total. The highest BCUT2D eigenvalue weighted by Crippen LogP contribution is 2.22. The van der Waals surface area contributed by atoms with Gasteiger partial charge in [-0.05, 0) is 49.5 Å². The molecule has 3 aromatic heterocycles. The topological polar surface area (TPSA) is 136 Å². The summed E-state index contributed by atoms with van der Waals surface area (Å²) in [4.78, 5) is 30.1. The van der Waals surface area contributed by atoms with Gasteiger partial charge in [0.2, 0.25) is 11.8 Å². The van der Waals surface area contributed by atoms with Crippen LogP contribution in [0.2, 0.25) is 0 Å². The van der Waals surface area contributed by atoms with Crippen LogP contribution in [0.1, 0.15) is 35.2 Å². The number of imidazole rings is 1. The van der Waals surface area contributed by atoms with Gasteiger partial charge in [0.15, 0.2) is 5.65 Å². The number of hydrogen-bond donors (Lipinski definition) is 4. The van der Waals surface area contributed by atoms with Gasteiger partial charge in [0.25, 0.3) is 5.62 Å². The van der Waals surface area contributed by atoms with Crippen LogP contribution in [0.25, 0.3) is 11.7 Å². The fraction of sp³-hybridized carbons (Fsp3) is 0.286. The number of nitrogens with zero attached hydrogens (tertiary/aromatic N) is 5. The van der Waals surface area contributed by atoms with Crippen molar-refractivity contribution in [3.05, 3.63) is 68.1 Å². The first-order valence-corrected chi connectivity index (χ1v) is 10.1.